The van der Waals surface area contributed by atoms with Crippen LogP contribution < -0.4 is 27.7 Å². The first-order valence-corrected chi connectivity index (χ1v) is 10.2. The van der Waals surface area contributed by atoms with E-state index in [9.17, 15) is 9.59 Å². The highest BCUT2D eigenvalue weighted by Crippen LogP contribution is 2.42. The maximum absolute atomic E-state index is 12.7. The first-order chi connectivity index (χ1) is 13.7. The van der Waals surface area contributed by atoms with Gasteiger partial charge in [-0.15, -0.1) is 0 Å². The van der Waals surface area contributed by atoms with Gasteiger partial charge in [-0.25, -0.2) is 4.79 Å². The fourth-order valence-electron chi connectivity index (χ4n) is 4.98. The highest BCUT2D eigenvalue weighted by molar-refractivity contribution is 5.87. The van der Waals surface area contributed by atoms with E-state index in [1.54, 1.807) is 17.7 Å². The van der Waals surface area contributed by atoms with E-state index in [-0.39, 0.29) is 23.4 Å². The number of methoxy groups -OCH3 is 1. The van der Waals surface area contributed by atoms with Crippen molar-refractivity contribution in [1.82, 2.24) is 9.24 Å². The van der Waals surface area contributed by atoms with Crippen molar-refractivity contribution < 1.29 is 4.74 Å². The van der Waals surface area contributed by atoms with Gasteiger partial charge in [-0.2, -0.15) is 4.68 Å². The maximum Gasteiger partial charge on any atom is 0.350 e. The predicted molar refractivity (Wildman–Crippen MR) is 115 cm³/mol. The van der Waals surface area contributed by atoms with Gasteiger partial charge in [0.15, 0.2) is 0 Å². The van der Waals surface area contributed by atoms with E-state index < -0.39 is 11.2 Å². The van der Waals surface area contributed by atoms with E-state index in [4.69, 9.17) is 16.3 Å². The number of fused-ring (bicyclic) bond motifs is 1. The number of anilines is 1. The molecule has 1 aromatic carbocycles. The molecule has 8 heteroatoms. The minimum absolute atomic E-state index is 0.0240. The molecule has 1 aliphatic carbocycles. The molecule has 0 spiro atoms. The van der Waals surface area contributed by atoms with E-state index in [1.165, 1.54) is 0 Å². The van der Waals surface area contributed by atoms with E-state index in [0.717, 1.165) is 41.9 Å². The first-order valence-electron chi connectivity index (χ1n) is 10.2. The molecule has 1 aliphatic heterocycles. The van der Waals surface area contributed by atoms with Crippen molar-refractivity contribution in [1.29, 1.82) is 0 Å². The summed E-state index contributed by atoms with van der Waals surface area (Å²) in [6.45, 7) is 8.64. The molecular weight excluding hydrogens is 370 g/mol. The lowest BCUT2D eigenvalue weighted by molar-refractivity contribution is 0.130. The number of aryl methyl sites for hydroxylation is 1. The van der Waals surface area contributed by atoms with E-state index >= 15 is 0 Å². The highest BCUT2D eigenvalue weighted by Gasteiger charge is 2.43. The third-order valence-electron chi connectivity index (χ3n) is 6.65. The second-order valence-corrected chi connectivity index (χ2v) is 9.26. The Balaban J connectivity index is 1.83. The normalized spacial score (nSPS) is 22.4. The number of aromatic nitrogens is 2. The highest BCUT2D eigenvalue weighted by atomic mass is 16.5. The van der Waals surface area contributed by atoms with E-state index in [0.29, 0.717) is 17.5 Å². The third-order valence-corrected chi connectivity index (χ3v) is 6.65. The van der Waals surface area contributed by atoms with E-state index in [1.807, 2.05) is 13.0 Å². The molecule has 0 bridgehead atoms. The van der Waals surface area contributed by atoms with Crippen molar-refractivity contribution in [2.24, 2.45) is 17.1 Å². The average Bonchev–Trinajstić information content (AvgIpc) is 3.44. The minimum Gasteiger partial charge on any atom is -0.383 e. The van der Waals surface area contributed by atoms with Crippen LogP contribution in [-0.4, -0.2) is 42.1 Å². The number of nitrogen functional groups attached to an aromatic ring is 1. The van der Waals surface area contributed by atoms with Crippen molar-refractivity contribution in [3.05, 3.63) is 38.5 Å². The van der Waals surface area contributed by atoms with Gasteiger partial charge in [-0.1, -0.05) is 13.8 Å². The van der Waals surface area contributed by atoms with Gasteiger partial charge in [-0.05, 0) is 42.9 Å². The van der Waals surface area contributed by atoms with Crippen molar-refractivity contribution in [2.75, 3.05) is 37.5 Å². The average molecular weight is 402 g/mol. The molecule has 1 saturated carbocycles. The fraction of sp³-hybridized carbons (Fsp3) is 0.619. The van der Waals surface area contributed by atoms with Crippen molar-refractivity contribution in [3.8, 4) is 0 Å². The van der Waals surface area contributed by atoms with Crippen LogP contribution in [0.4, 0.5) is 5.69 Å². The smallest absolute Gasteiger partial charge is 0.350 e. The lowest BCUT2D eigenvalue weighted by atomic mass is 9.78. The summed E-state index contributed by atoms with van der Waals surface area (Å²) in [7, 11) is 1.68. The quantitative estimate of drug-likeness (QED) is 0.723. The third kappa shape index (κ3) is 3.14. The molecule has 2 aliphatic rings. The lowest BCUT2D eigenvalue weighted by Gasteiger charge is -2.29. The number of hydrogen-bond donors (Lipinski definition) is 2. The largest absolute Gasteiger partial charge is 0.383 e. The molecule has 4 rings (SSSR count). The van der Waals surface area contributed by atoms with Crippen molar-refractivity contribution in [2.45, 2.75) is 45.7 Å². The van der Waals surface area contributed by atoms with Crippen LogP contribution >= 0.6 is 0 Å². The van der Waals surface area contributed by atoms with Crippen LogP contribution in [0.2, 0.25) is 0 Å². The van der Waals surface area contributed by atoms with Crippen LogP contribution in [0, 0.1) is 18.3 Å². The molecule has 29 heavy (non-hydrogen) atoms. The molecule has 1 saturated heterocycles. The second-order valence-electron chi connectivity index (χ2n) is 9.26. The first kappa shape index (κ1) is 20.0. The van der Waals surface area contributed by atoms with Gasteiger partial charge in [0.1, 0.15) is 0 Å². The van der Waals surface area contributed by atoms with Gasteiger partial charge in [0.2, 0.25) is 0 Å². The van der Waals surface area contributed by atoms with Gasteiger partial charge in [0.25, 0.3) is 5.56 Å². The molecule has 2 aromatic rings. The van der Waals surface area contributed by atoms with Crippen LogP contribution in [0.25, 0.3) is 10.9 Å². The summed E-state index contributed by atoms with van der Waals surface area (Å²) >= 11 is 0. The van der Waals surface area contributed by atoms with Crippen molar-refractivity contribution in [3.63, 3.8) is 0 Å². The number of hydrogen-bond acceptors (Lipinski definition) is 6. The van der Waals surface area contributed by atoms with Gasteiger partial charge < -0.3 is 21.2 Å². The van der Waals surface area contributed by atoms with Gasteiger partial charge in [0, 0.05) is 43.9 Å². The Kier molecular flexibility index (Phi) is 4.74. The number of nitrogens with zero attached hydrogens (tertiary/aromatic N) is 3. The standard InChI is InChI=1S/C21H31N5O3/c1-12-17(24-9-15(16(22)10-29-4)21(2,3)11-24)8-7-14-18(12)25(13-5-6-13)20(28)26(23)19(14)27/h7-8,13,15-16H,5-6,9-11,22-23H2,1-4H3/t15-,16-/m1/s1. The molecular formula is C21H31N5O3. The summed E-state index contributed by atoms with van der Waals surface area (Å²) < 4.78 is 7.74. The zero-order valence-electron chi connectivity index (χ0n) is 17.6. The second kappa shape index (κ2) is 6.88. The lowest BCUT2D eigenvalue weighted by Crippen LogP contribution is -2.44. The van der Waals surface area contributed by atoms with Crippen LogP contribution in [-0.2, 0) is 4.74 Å². The Morgan fingerprint density at radius 2 is 1.97 bits per heavy atom. The molecule has 1 aromatic heterocycles. The number of ether oxygens (including phenoxy) is 1. The topological polar surface area (TPSA) is 109 Å². The van der Waals surface area contributed by atoms with Gasteiger partial charge >= 0.3 is 5.69 Å². The SMILES string of the molecule is COC[C@@H](N)[C@H]1CN(c2ccc3c(=O)n(N)c(=O)n(C4CC4)c3c2C)CC1(C)C. The van der Waals surface area contributed by atoms with Gasteiger partial charge in [-0.3, -0.25) is 9.36 Å². The zero-order valence-corrected chi connectivity index (χ0v) is 17.6. The van der Waals surface area contributed by atoms with Gasteiger partial charge in [0.05, 0.1) is 17.5 Å². The predicted octanol–water partition coefficient (Wildman–Crippen LogP) is 0.956. The Bertz CT molecular complexity index is 1070. The number of nitrogens with two attached hydrogens (primary N) is 2. The summed E-state index contributed by atoms with van der Waals surface area (Å²) in [5.74, 6) is 6.05. The Morgan fingerprint density at radius 1 is 1.28 bits per heavy atom. The molecule has 0 amide bonds. The number of rotatable bonds is 5. The molecule has 158 valence electrons. The Labute approximate surface area is 170 Å². The van der Waals surface area contributed by atoms with E-state index in [2.05, 4.69) is 18.7 Å². The number of benzene rings is 1. The molecule has 2 atom stereocenters. The molecule has 8 nitrogen and oxygen atoms in total. The maximum atomic E-state index is 12.7. The minimum atomic E-state index is -0.446. The molecule has 4 N–H and O–H groups in total. The van der Waals surface area contributed by atoms with Crippen molar-refractivity contribution >= 4 is 16.6 Å². The summed E-state index contributed by atoms with van der Waals surface area (Å²) in [4.78, 5) is 27.7. The van der Waals surface area contributed by atoms with Crippen LogP contribution in [0.1, 0.15) is 38.3 Å². The molecule has 2 fully saturated rings. The molecule has 0 radical (unpaired) electrons. The summed E-state index contributed by atoms with van der Waals surface area (Å²) in [6, 6.07) is 3.85. The zero-order chi connectivity index (χ0) is 21.1. The summed E-state index contributed by atoms with van der Waals surface area (Å²) in [5.41, 5.74) is 8.25. The summed E-state index contributed by atoms with van der Waals surface area (Å²) in [6.07, 6.45) is 1.86. The molecule has 2 heterocycles. The summed E-state index contributed by atoms with van der Waals surface area (Å²) in [5, 5.41) is 0.492. The Hall–Kier alpha value is -2.32. The van der Waals surface area contributed by atoms with Crippen LogP contribution in [0.3, 0.4) is 0 Å². The monoisotopic (exact) mass is 401 g/mol. The fourth-order valence-corrected chi connectivity index (χ4v) is 4.98. The van der Waals surface area contributed by atoms with Crippen LogP contribution in [0.15, 0.2) is 21.7 Å². The Morgan fingerprint density at radius 3 is 2.59 bits per heavy atom. The molecule has 0 unspecified atom stereocenters. The van der Waals surface area contributed by atoms with Crippen LogP contribution in [0.5, 0.6) is 0 Å².